The maximum absolute atomic E-state index is 13.5. The van der Waals surface area contributed by atoms with E-state index >= 15 is 0 Å². The molecule has 1 aromatic carbocycles. The highest BCUT2D eigenvalue weighted by Crippen LogP contribution is 2.32. The third kappa shape index (κ3) is 1.69. The molecule has 1 amide bonds. The Labute approximate surface area is 100 Å². The molecule has 1 N–H and O–H groups in total. The molecular formula is C11H9FN2O2S. The average molecular weight is 252 g/mol. The summed E-state index contributed by atoms with van der Waals surface area (Å²) in [5.74, 6) is -0.561. The van der Waals surface area contributed by atoms with Gasteiger partial charge >= 0.3 is 0 Å². The molecule has 1 aromatic heterocycles. The van der Waals surface area contributed by atoms with E-state index in [1.54, 1.807) is 12.1 Å². The van der Waals surface area contributed by atoms with Crippen molar-refractivity contribution in [3.05, 3.63) is 24.0 Å². The molecule has 1 atom stereocenters. The molecule has 1 aliphatic heterocycles. The van der Waals surface area contributed by atoms with E-state index in [0.717, 1.165) is 0 Å². The number of aliphatic hydroxyl groups is 1. The summed E-state index contributed by atoms with van der Waals surface area (Å²) in [4.78, 5) is 17.1. The highest BCUT2D eigenvalue weighted by atomic mass is 32.1. The summed E-state index contributed by atoms with van der Waals surface area (Å²) in [5, 5.41) is 9.85. The number of nitrogens with zero attached hydrogens (tertiary/aromatic N) is 2. The molecule has 1 unspecified atom stereocenters. The van der Waals surface area contributed by atoms with Crippen LogP contribution >= 0.6 is 11.3 Å². The van der Waals surface area contributed by atoms with Crippen LogP contribution < -0.4 is 4.90 Å². The largest absolute Gasteiger partial charge is 0.391 e. The van der Waals surface area contributed by atoms with Crippen molar-refractivity contribution in [1.82, 2.24) is 4.98 Å². The van der Waals surface area contributed by atoms with Crippen molar-refractivity contribution in [2.24, 2.45) is 0 Å². The van der Waals surface area contributed by atoms with E-state index in [4.69, 9.17) is 0 Å². The summed E-state index contributed by atoms with van der Waals surface area (Å²) in [5.41, 5.74) is 0.279. The summed E-state index contributed by atoms with van der Waals surface area (Å²) in [7, 11) is 0. The summed E-state index contributed by atoms with van der Waals surface area (Å²) in [6.07, 6.45) is -0.544. The van der Waals surface area contributed by atoms with Crippen LogP contribution in [0.15, 0.2) is 18.2 Å². The second-order valence-corrected chi connectivity index (χ2v) is 4.95. The van der Waals surface area contributed by atoms with Gasteiger partial charge in [-0.05, 0) is 12.1 Å². The minimum Gasteiger partial charge on any atom is -0.391 e. The van der Waals surface area contributed by atoms with Gasteiger partial charge in [-0.2, -0.15) is 0 Å². The molecule has 4 nitrogen and oxygen atoms in total. The quantitative estimate of drug-likeness (QED) is 0.837. The number of fused-ring (bicyclic) bond motifs is 1. The Morgan fingerprint density at radius 3 is 3.00 bits per heavy atom. The molecule has 1 saturated heterocycles. The third-order valence-electron chi connectivity index (χ3n) is 2.69. The smallest absolute Gasteiger partial charge is 0.231 e. The molecule has 2 heterocycles. The van der Waals surface area contributed by atoms with Crippen LogP contribution in [0, 0.1) is 5.82 Å². The van der Waals surface area contributed by atoms with Crippen molar-refractivity contribution >= 4 is 32.6 Å². The number of carbonyl (C=O) groups excluding carboxylic acids is 1. The van der Waals surface area contributed by atoms with Gasteiger partial charge in [0.2, 0.25) is 5.91 Å². The summed E-state index contributed by atoms with van der Waals surface area (Å²) in [6, 6.07) is 4.71. The number of hydrogen-bond donors (Lipinski definition) is 1. The Morgan fingerprint density at radius 2 is 2.35 bits per heavy atom. The summed E-state index contributed by atoms with van der Waals surface area (Å²) in [6.45, 7) is 0.236. The molecule has 3 rings (SSSR count). The second kappa shape index (κ2) is 3.75. The zero-order chi connectivity index (χ0) is 12.0. The molecule has 1 fully saturated rings. The number of halogens is 1. The SMILES string of the molecule is O=C1CC(O)CN1c1nc2c(F)cccc2s1. The van der Waals surface area contributed by atoms with E-state index in [2.05, 4.69) is 4.98 Å². The van der Waals surface area contributed by atoms with Crippen molar-refractivity contribution in [2.75, 3.05) is 11.4 Å². The Morgan fingerprint density at radius 1 is 1.53 bits per heavy atom. The van der Waals surface area contributed by atoms with Gasteiger partial charge in [-0.3, -0.25) is 9.69 Å². The summed E-state index contributed by atoms with van der Waals surface area (Å²) < 4.78 is 14.2. The van der Waals surface area contributed by atoms with E-state index in [1.807, 2.05) is 0 Å². The van der Waals surface area contributed by atoms with Crippen molar-refractivity contribution in [3.8, 4) is 0 Å². The predicted molar refractivity (Wildman–Crippen MR) is 62.6 cm³/mol. The molecule has 0 radical (unpaired) electrons. The summed E-state index contributed by atoms with van der Waals surface area (Å²) >= 11 is 1.26. The first-order valence-electron chi connectivity index (χ1n) is 5.18. The van der Waals surface area contributed by atoms with Gasteiger partial charge in [0.05, 0.1) is 23.8 Å². The molecule has 0 spiro atoms. The number of para-hydroxylation sites is 1. The number of benzene rings is 1. The molecule has 0 saturated carbocycles. The Balaban J connectivity index is 2.07. The average Bonchev–Trinajstić information content (AvgIpc) is 2.82. The zero-order valence-corrected chi connectivity index (χ0v) is 9.58. The number of thiazole rings is 1. The third-order valence-corrected chi connectivity index (χ3v) is 3.74. The van der Waals surface area contributed by atoms with E-state index in [0.29, 0.717) is 9.83 Å². The Kier molecular flexibility index (Phi) is 2.34. The number of carbonyl (C=O) groups is 1. The fourth-order valence-corrected chi connectivity index (χ4v) is 2.90. The lowest BCUT2D eigenvalue weighted by atomic mass is 10.3. The van der Waals surface area contributed by atoms with Gasteiger partial charge in [-0.1, -0.05) is 17.4 Å². The standard InChI is InChI=1S/C11H9FN2O2S/c12-7-2-1-3-8-10(7)13-11(17-8)14-5-6(15)4-9(14)16/h1-3,6,15H,4-5H2. The van der Waals surface area contributed by atoms with Gasteiger partial charge < -0.3 is 5.11 Å². The van der Waals surface area contributed by atoms with Crippen LogP contribution in [-0.2, 0) is 4.79 Å². The van der Waals surface area contributed by atoms with Gasteiger partial charge in [0.15, 0.2) is 5.13 Å². The van der Waals surface area contributed by atoms with Crippen LogP contribution in [0.3, 0.4) is 0 Å². The van der Waals surface area contributed by atoms with E-state index < -0.39 is 11.9 Å². The van der Waals surface area contributed by atoms with Crippen molar-refractivity contribution < 1.29 is 14.3 Å². The van der Waals surface area contributed by atoms with Crippen molar-refractivity contribution in [2.45, 2.75) is 12.5 Å². The number of anilines is 1. The number of hydrogen-bond acceptors (Lipinski definition) is 4. The highest BCUT2D eigenvalue weighted by molar-refractivity contribution is 7.22. The van der Waals surface area contributed by atoms with Crippen LogP contribution in [0.5, 0.6) is 0 Å². The number of amides is 1. The Bertz CT molecular complexity index is 598. The van der Waals surface area contributed by atoms with Crippen LogP contribution in [-0.4, -0.2) is 28.6 Å². The number of aromatic nitrogens is 1. The fourth-order valence-electron chi connectivity index (χ4n) is 1.89. The molecule has 88 valence electrons. The molecule has 6 heteroatoms. The Hall–Kier alpha value is -1.53. The molecule has 0 bridgehead atoms. The first kappa shape index (κ1) is 10.6. The van der Waals surface area contributed by atoms with Gasteiger partial charge in [-0.15, -0.1) is 0 Å². The lowest BCUT2D eigenvalue weighted by Gasteiger charge is -2.10. The first-order valence-corrected chi connectivity index (χ1v) is 6.00. The fraction of sp³-hybridized carbons (Fsp3) is 0.273. The van der Waals surface area contributed by atoms with E-state index in [1.165, 1.54) is 22.3 Å². The van der Waals surface area contributed by atoms with Gasteiger partial charge in [0.25, 0.3) is 0 Å². The molecule has 0 aliphatic carbocycles. The zero-order valence-electron chi connectivity index (χ0n) is 8.76. The monoisotopic (exact) mass is 252 g/mol. The molecule has 17 heavy (non-hydrogen) atoms. The number of aliphatic hydroxyl groups excluding tert-OH is 1. The van der Waals surface area contributed by atoms with Gasteiger partial charge in [-0.25, -0.2) is 9.37 Å². The van der Waals surface area contributed by atoms with Crippen LogP contribution in [0.25, 0.3) is 10.2 Å². The maximum Gasteiger partial charge on any atom is 0.231 e. The molecule has 2 aromatic rings. The molecule has 1 aliphatic rings. The predicted octanol–water partition coefficient (Wildman–Crippen LogP) is 1.53. The van der Waals surface area contributed by atoms with Crippen LogP contribution in [0.4, 0.5) is 9.52 Å². The van der Waals surface area contributed by atoms with Gasteiger partial charge in [0.1, 0.15) is 11.3 Å². The normalized spacial score (nSPS) is 20.5. The lowest BCUT2D eigenvalue weighted by Crippen LogP contribution is -2.24. The van der Waals surface area contributed by atoms with Crippen molar-refractivity contribution in [1.29, 1.82) is 0 Å². The lowest BCUT2D eigenvalue weighted by molar-refractivity contribution is -0.117. The minimum absolute atomic E-state index is 0.110. The van der Waals surface area contributed by atoms with Crippen LogP contribution in [0.2, 0.25) is 0 Å². The number of rotatable bonds is 1. The van der Waals surface area contributed by atoms with Crippen LogP contribution in [0.1, 0.15) is 6.42 Å². The maximum atomic E-state index is 13.5. The van der Waals surface area contributed by atoms with Gasteiger partial charge in [0, 0.05) is 0 Å². The topological polar surface area (TPSA) is 53.4 Å². The second-order valence-electron chi connectivity index (χ2n) is 3.95. The van der Waals surface area contributed by atoms with Crippen molar-refractivity contribution in [3.63, 3.8) is 0 Å². The van der Waals surface area contributed by atoms with E-state index in [9.17, 15) is 14.3 Å². The van der Waals surface area contributed by atoms with E-state index in [-0.39, 0.29) is 24.4 Å². The first-order chi connectivity index (χ1) is 8.15. The number of β-amino-alcohol motifs (C(OH)–C–C–N with tert-alkyl or cyclic N) is 1. The molecular weight excluding hydrogens is 243 g/mol. The highest BCUT2D eigenvalue weighted by Gasteiger charge is 2.31. The minimum atomic E-state index is -0.653.